The van der Waals surface area contributed by atoms with Crippen LogP contribution < -0.4 is 11.4 Å². The Bertz CT molecular complexity index is 614. The molecule has 0 aromatic carbocycles. The van der Waals surface area contributed by atoms with E-state index in [9.17, 15) is 4.79 Å². The summed E-state index contributed by atoms with van der Waals surface area (Å²) in [6.45, 7) is 5.86. The summed E-state index contributed by atoms with van der Waals surface area (Å²) in [5.41, 5.74) is 6.66. The Balaban J connectivity index is 2.16. The molecule has 0 radical (unpaired) electrons. The van der Waals surface area contributed by atoms with Crippen LogP contribution >= 0.6 is 11.8 Å². The Hall–Kier alpha value is -1.60. The van der Waals surface area contributed by atoms with E-state index in [0.717, 1.165) is 17.0 Å². The van der Waals surface area contributed by atoms with Crippen molar-refractivity contribution in [1.29, 1.82) is 0 Å². The molecular weight excluding hydrogens is 274 g/mol. The quantitative estimate of drug-likeness (QED) is 0.873. The number of H-pyrrole nitrogens is 1. The van der Waals surface area contributed by atoms with Gasteiger partial charge in [0.25, 0.3) is 0 Å². The van der Waals surface area contributed by atoms with E-state index >= 15 is 0 Å². The summed E-state index contributed by atoms with van der Waals surface area (Å²) in [7, 11) is 0. The SMILES string of the molecule is CC(N)Cc1ccc(Sc2n[nH]c(=O)n2C(C)C)nc1. The van der Waals surface area contributed by atoms with Crippen LogP contribution in [0.1, 0.15) is 32.4 Å². The third kappa shape index (κ3) is 3.49. The highest BCUT2D eigenvalue weighted by atomic mass is 32.2. The molecule has 0 saturated carbocycles. The first-order chi connectivity index (χ1) is 9.47. The van der Waals surface area contributed by atoms with Crippen molar-refractivity contribution in [2.45, 2.75) is 49.5 Å². The molecule has 1 unspecified atom stereocenters. The molecule has 1 atom stereocenters. The van der Waals surface area contributed by atoms with Gasteiger partial charge in [-0.1, -0.05) is 6.07 Å². The standard InChI is InChI=1S/C13H19N5OS/c1-8(2)18-12(19)16-17-13(18)20-11-5-4-10(7-15-11)6-9(3)14/h4-5,7-9H,6,14H2,1-3H3,(H,16,19). The van der Waals surface area contributed by atoms with E-state index in [1.807, 2.05) is 39.1 Å². The van der Waals surface area contributed by atoms with Crippen LogP contribution in [0.2, 0.25) is 0 Å². The first-order valence-electron chi connectivity index (χ1n) is 6.52. The maximum Gasteiger partial charge on any atom is 0.344 e. The molecule has 0 aliphatic rings. The number of aromatic amines is 1. The van der Waals surface area contributed by atoms with Crippen molar-refractivity contribution < 1.29 is 0 Å². The van der Waals surface area contributed by atoms with Gasteiger partial charge in [0.15, 0.2) is 5.16 Å². The minimum atomic E-state index is -0.198. The molecule has 3 N–H and O–H groups in total. The van der Waals surface area contributed by atoms with Crippen LogP contribution in [0.15, 0.2) is 33.3 Å². The van der Waals surface area contributed by atoms with Gasteiger partial charge in [0.1, 0.15) is 5.03 Å². The highest BCUT2D eigenvalue weighted by molar-refractivity contribution is 7.99. The fraction of sp³-hybridized carbons (Fsp3) is 0.462. The van der Waals surface area contributed by atoms with E-state index in [2.05, 4.69) is 15.2 Å². The maximum absolute atomic E-state index is 11.6. The molecule has 0 bridgehead atoms. The Kier molecular flexibility index (Phi) is 4.61. The van der Waals surface area contributed by atoms with Crippen LogP contribution in [0.4, 0.5) is 0 Å². The second-order valence-electron chi connectivity index (χ2n) is 5.06. The summed E-state index contributed by atoms with van der Waals surface area (Å²) >= 11 is 1.37. The lowest BCUT2D eigenvalue weighted by Gasteiger charge is -2.08. The van der Waals surface area contributed by atoms with Crippen molar-refractivity contribution in [3.05, 3.63) is 34.4 Å². The molecule has 20 heavy (non-hydrogen) atoms. The Morgan fingerprint density at radius 3 is 2.70 bits per heavy atom. The summed E-state index contributed by atoms with van der Waals surface area (Å²) in [5.74, 6) is 0. The highest BCUT2D eigenvalue weighted by Gasteiger charge is 2.13. The Morgan fingerprint density at radius 1 is 1.40 bits per heavy atom. The van der Waals surface area contributed by atoms with Crippen molar-refractivity contribution in [1.82, 2.24) is 19.7 Å². The van der Waals surface area contributed by atoms with Gasteiger partial charge in [0.05, 0.1) is 0 Å². The van der Waals surface area contributed by atoms with Crippen molar-refractivity contribution in [3.8, 4) is 0 Å². The number of nitrogens with two attached hydrogens (primary N) is 1. The van der Waals surface area contributed by atoms with Crippen molar-refractivity contribution in [3.63, 3.8) is 0 Å². The second-order valence-corrected chi connectivity index (χ2v) is 6.05. The number of nitrogens with one attached hydrogen (secondary N) is 1. The lowest BCUT2D eigenvalue weighted by Crippen LogP contribution is -2.19. The molecule has 2 aromatic rings. The fourth-order valence-electron chi connectivity index (χ4n) is 1.87. The van der Waals surface area contributed by atoms with Gasteiger partial charge in [0.2, 0.25) is 0 Å². The van der Waals surface area contributed by atoms with Crippen molar-refractivity contribution in [2.75, 3.05) is 0 Å². The Labute approximate surface area is 121 Å². The van der Waals surface area contributed by atoms with E-state index in [1.54, 1.807) is 4.57 Å². The second kappa shape index (κ2) is 6.23. The zero-order valence-corrected chi connectivity index (χ0v) is 12.6. The molecule has 0 aliphatic heterocycles. The predicted molar refractivity (Wildman–Crippen MR) is 78.9 cm³/mol. The summed E-state index contributed by atoms with van der Waals surface area (Å²) in [6, 6.07) is 4.10. The molecule has 0 fully saturated rings. The van der Waals surface area contributed by atoms with Gasteiger partial charge in [-0.2, -0.15) is 0 Å². The zero-order chi connectivity index (χ0) is 14.7. The van der Waals surface area contributed by atoms with Crippen molar-refractivity contribution in [2.24, 2.45) is 5.73 Å². The van der Waals surface area contributed by atoms with Crippen LogP contribution in [-0.4, -0.2) is 25.8 Å². The van der Waals surface area contributed by atoms with Gasteiger partial charge in [-0.3, -0.25) is 4.57 Å². The number of rotatable bonds is 5. The van der Waals surface area contributed by atoms with E-state index in [-0.39, 0.29) is 17.8 Å². The summed E-state index contributed by atoms with van der Waals surface area (Å²) in [4.78, 5) is 16.0. The van der Waals surface area contributed by atoms with Gasteiger partial charge in [-0.05, 0) is 50.6 Å². The van der Waals surface area contributed by atoms with Gasteiger partial charge >= 0.3 is 5.69 Å². The van der Waals surface area contributed by atoms with Crippen LogP contribution in [0.3, 0.4) is 0 Å². The van der Waals surface area contributed by atoms with Crippen LogP contribution in [0.25, 0.3) is 0 Å². The lowest BCUT2D eigenvalue weighted by molar-refractivity contribution is 0.534. The molecule has 0 aliphatic carbocycles. The predicted octanol–water partition coefficient (Wildman–Crippen LogP) is 1.59. The molecule has 2 rings (SSSR count). The minimum absolute atomic E-state index is 0.0566. The molecule has 7 heteroatoms. The zero-order valence-electron chi connectivity index (χ0n) is 11.8. The molecule has 0 saturated heterocycles. The average molecular weight is 293 g/mol. The largest absolute Gasteiger partial charge is 0.344 e. The van der Waals surface area contributed by atoms with E-state index < -0.39 is 0 Å². The first kappa shape index (κ1) is 14.8. The molecule has 2 aromatic heterocycles. The number of nitrogens with zero attached hydrogens (tertiary/aromatic N) is 3. The topological polar surface area (TPSA) is 89.6 Å². The van der Waals surface area contributed by atoms with Crippen LogP contribution in [0.5, 0.6) is 0 Å². The normalized spacial score (nSPS) is 12.8. The van der Waals surface area contributed by atoms with Gasteiger partial charge in [-0.15, -0.1) is 5.10 Å². The Morgan fingerprint density at radius 2 is 2.15 bits per heavy atom. The van der Waals surface area contributed by atoms with E-state index in [4.69, 9.17) is 5.73 Å². The van der Waals surface area contributed by atoms with E-state index in [0.29, 0.717) is 5.16 Å². The van der Waals surface area contributed by atoms with E-state index in [1.165, 1.54) is 11.8 Å². The number of aromatic nitrogens is 4. The monoisotopic (exact) mass is 293 g/mol. The molecule has 108 valence electrons. The summed E-state index contributed by atoms with van der Waals surface area (Å²) in [6.07, 6.45) is 2.62. The average Bonchev–Trinajstić information content (AvgIpc) is 2.72. The maximum atomic E-state index is 11.6. The summed E-state index contributed by atoms with van der Waals surface area (Å²) in [5, 5.41) is 7.93. The van der Waals surface area contributed by atoms with Crippen LogP contribution in [0, 0.1) is 0 Å². The van der Waals surface area contributed by atoms with Crippen LogP contribution in [-0.2, 0) is 6.42 Å². The smallest absolute Gasteiger partial charge is 0.328 e. The molecule has 0 amide bonds. The molecular formula is C13H19N5OS. The van der Waals surface area contributed by atoms with Crippen molar-refractivity contribution >= 4 is 11.8 Å². The summed E-state index contributed by atoms with van der Waals surface area (Å²) < 4.78 is 1.61. The number of hydrogen-bond acceptors (Lipinski definition) is 5. The third-order valence-electron chi connectivity index (χ3n) is 2.74. The molecule has 0 spiro atoms. The van der Waals surface area contributed by atoms with Gasteiger partial charge in [-0.25, -0.2) is 14.9 Å². The molecule has 2 heterocycles. The molecule has 6 nitrogen and oxygen atoms in total. The third-order valence-corrected chi connectivity index (χ3v) is 3.66. The fourth-order valence-corrected chi connectivity index (χ4v) is 2.79. The number of pyridine rings is 1. The first-order valence-corrected chi connectivity index (χ1v) is 7.34. The highest BCUT2D eigenvalue weighted by Crippen LogP contribution is 2.24. The number of hydrogen-bond donors (Lipinski definition) is 2. The van der Waals surface area contributed by atoms with Gasteiger partial charge < -0.3 is 5.73 Å². The lowest BCUT2D eigenvalue weighted by atomic mass is 10.1. The van der Waals surface area contributed by atoms with Gasteiger partial charge in [0, 0.05) is 18.3 Å². The minimum Gasteiger partial charge on any atom is -0.328 e.